The first-order valence-corrected chi connectivity index (χ1v) is 8.58. The molecule has 24 heavy (non-hydrogen) atoms. The number of ether oxygens (including phenoxy) is 1. The maximum Gasteiger partial charge on any atom is 0.124 e. The van der Waals surface area contributed by atoms with Gasteiger partial charge in [0.25, 0.3) is 0 Å². The molecule has 3 rings (SSSR count). The van der Waals surface area contributed by atoms with Crippen LogP contribution in [-0.2, 0) is 6.54 Å². The highest BCUT2D eigenvalue weighted by molar-refractivity contribution is 5.49. The molecule has 4 nitrogen and oxygen atoms in total. The number of hydrogen-bond acceptors (Lipinski definition) is 3. The molecule has 0 amide bonds. The first kappa shape index (κ1) is 16.7. The van der Waals surface area contributed by atoms with Crippen molar-refractivity contribution in [2.45, 2.75) is 20.4 Å². The van der Waals surface area contributed by atoms with Crippen LogP contribution >= 0.6 is 0 Å². The van der Waals surface area contributed by atoms with E-state index in [0.29, 0.717) is 5.75 Å². The zero-order chi connectivity index (χ0) is 17.1. The van der Waals surface area contributed by atoms with Gasteiger partial charge in [0.1, 0.15) is 18.0 Å². The Kier molecular flexibility index (Phi) is 4.95. The van der Waals surface area contributed by atoms with Crippen LogP contribution in [0, 0.1) is 13.8 Å². The lowest BCUT2D eigenvalue weighted by Crippen LogP contribution is -3.13. The molecule has 0 radical (unpaired) electrons. The third kappa shape index (κ3) is 3.65. The number of piperazine rings is 1. The van der Waals surface area contributed by atoms with Gasteiger partial charge in [-0.3, -0.25) is 0 Å². The Hall–Kier alpha value is -2.20. The summed E-state index contributed by atoms with van der Waals surface area (Å²) in [5.41, 5.74) is 4.71. The highest BCUT2D eigenvalue weighted by atomic mass is 16.5. The third-order valence-electron chi connectivity index (χ3n) is 5.04. The predicted molar refractivity (Wildman–Crippen MR) is 97.2 cm³/mol. The van der Waals surface area contributed by atoms with Gasteiger partial charge in [-0.05, 0) is 61.4 Å². The van der Waals surface area contributed by atoms with E-state index < -0.39 is 0 Å². The molecular formula is C20H27N2O2+. The van der Waals surface area contributed by atoms with Crippen LogP contribution in [0.1, 0.15) is 16.7 Å². The van der Waals surface area contributed by atoms with E-state index in [0.717, 1.165) is 49.6 Å². The van der Waals surface area contributed by atoms with Gasteiger partial charge in [-0.2, -0.15) is 0 Å². The number of rotatable bonds is 4. The number of hydrogen-bond donors (Lipinski definition) is 2. The van der Waals surface area contributed by atoms with Crippen LogP contribution in [0.25, 0.3) is 0 Å². The average Bonchev–Trinajstić information content (AvgIpc) is 2.60. The molecule has 1 aliphatic rings. The number of phenolic OH excluding ortho intramolecular Hbond substituents is 1. The summed E-state index contributed by atoms with van der Waals surface area (Å²) >= 11 is 0. The molecule has 0 bridgehead atoms. The van der Waals surface area contributed by atoms with Crippen LogP contribution in [0.3, 0.4) is 0 Å². The quantitative estimate of drug-likeness (QED) is 0.901. The zero-order valence-corrected chi connectivity index (χ0v) is 14.8. The number of nitrogens with zero attached hydrogens (tertiary/aromatic N) is 1. The molecule has 0 aromatic heterocycles. The summed E-state index contributed by atoms with van der Waals surface area (Å²) in [4.78, 5) is 3.95. The fourth-order valence-electron chi connectivity index (χ4n) is 3.32. The van der Waals surface area contributed by atoms with E-state index in [2.05, 4.69) is 30.0 Å². The van der Waals surface area contributed by atoms with Crippen LogP contribution < -0.4 is 14.5 Å². The first-order valence-electron chi connectivity index (χ1n) is 8.58. The molecule has 0 unspecified atom stereocenters. The normalized spacial score (nSPS) is 15.5. The van der Waals surface area contributed by atoms with Crippen molar-refractivity contribution in [3.8, 4) is 11.5 Å². The molecule has 1 fully saturated rings. The molecule has 2 aromatic rings. The van der Waals surface area contributed by atoms with Gasteiger partial charge in [0.2, 0.25) is 0 Å². The Morgan fingerprint density at radius 3 is 2.29 bits per heavy atom. The van der Waals surface area contributed by atoms with Crippen molar-refractivity contribution >= 4 is 5.69 Å². The lowest BCUT2D eigenvalue weighted by molar-refractivity contribution is -0.914. The van der Waals surface area contributed by atoms with E-state index in [4.69, 9.17) is 4.74 Å². The Morgan fingerprint density at radius 2 is 1.67 bits per heavy atom. The minimum Gasteiger partial charge on any atom is -0.507 e. The predicted octanol–water partition coefficient (Wildman–Crippen LogP) is 1.92. The Bertz CT molecular complexity index is 690. The number of methoxy groups -OCH3 is 1. The van der Waals surface area contributed by atoms with Gasteiger partial charge in [0, 0.05) is 11.3 Å². The Balaban J connectivity index is 1.60. The number of benzene rings is 2. The summed E-state index contributed by atoms with van der Waals surface area (Å²) in [5.74, 6) is 1.33. The highest BCUT2D eigenvalue weighted by Gasteiger charge is 2.21. The molecule has 1 aliphatic heterocycles. The summed E-state index contributed by atoms with van der Waals surface area (Å²) in [5, 5.41) is 10.2. The van der Waals surface area contributed by atoms with Gasteiger partial charge < -0.3 is 19.6 Å². The average molecular weight is 327 g/mol. The number of nitrogens with one attached hydrogen (secondary N) is 1. The molecule has 128 valence electrons. The summed E-state index contributed by atoms with van der Waals surface area (Å²) in [7, 11) is 1.69. The number of aryl methyl sites for hydroxylation is 2. The minimum absolute atomic E-state index is 0.434. The number of phenols is 1. The fourth-order valence-corrected chi connectivity index (χ4v) is 3.32. The van der Waals surface area contributed by atoms with Gasteiger partial charge in [0.05, 0.1) is 33.3 Å². The standard InChI is InChI=1S/C20H26N2O2/c1-15-12-17(20(23)13-16(15)2)14-21-8-10-22(11-9-21)18-4-6-19(24-3)7-5-18/h4-7,12-13,23H,8-11,14H2,1-3H3/p+1. The van der Waals surface area contributed by atoms with Gasteiger partial charge in [-0.15, -0.1) is 0 Å². The maximum absolute atomic E-state index is 10.2. The summed E-state index contributed by atoms with van der Waals surface area (Å²) in [6.45, 7) is 9.27. The van der Waals surface area contributed by atoms with Crippen molar-refractivity contribution in [1.29, 1.82) is 0 Å². The van der Waals surface area contributed by atoms with Gasteiger partial charge in [-0.1, -0.05) is 0 Å². The summed E-state index contributed by atoms with van der Waals surface area (Å²) < 4.78 is 5.22. The molecule has 0 spiro atoms. The molecule has 0 atom stereocenters. The molecule has 1 saturated heterocycles. The van der Waals surface area contributed by atoms with E-state index >= 15 is 0 Å². The number of anilines is 1. The van der Waals surface area contributed by atoms with Gasteiger partial charge in [0.15, 0.2) is 0 Å². The second-order valence-corrected chi connectivity index (χ2v) is 6.68. The maximum atomic E-state index is 10.2. The molecule has 4 heteroatoms. The van der Waals surface area contributed by atoms with Crippen LogP contribution in [-0.4, -0.2) is 38.4 Å². The van der Waals surface area contributed by atoms with Crippen molar-refractivity contribution in [2.75, 3.05) is 38.2 Å². The van der Waals surface area contributed by atoms with E-state index in [1.807, 2.05) is 25.1 Å². The zero-order valence-electron chi connectivity index (χ0n) is 14.8. The van der Waals surface area contributed by atoms with E-state index in [1.54, 1.807) is 7.11 Å². The van der Waals surface area contributed by atoms with Gasteiger partial charge in [-0.25, -0.2) is 0 Å². The molecular weight excluding hydrogens is 300 g/mol. The first-order chi connectivity index (χ1) is 11.6. The second-order valence-electron chi connectivity index (χ2n) is 6.68. The molecule has 2 aromatic carbocycles. The van der Waals surface area contributed by atoms with E-state index in [1.165, 1.54) is 16.2 Å². The summed E-state index contributed by atoms with van der Waals surface area (Å²) in [6, 6.07) is 12.3. The molecule has 2 N–H and O–H groups in total. The number of aromatic hydroxyl groups is 1. The SMILES string of the molecule is COc1ccc(N2CC[NH+](Cc3cc(C)c(C)cc3O)CC2)cc1. The van der Waals surface area contributed by atoms with Crippen molar-refractivity contribution < 1.29 is 14.7 Å². The fraction of sp³-hybridized carbons (Fsp3) is 0.400. The van der Waals surface area contributed by atoms with E-state index in [9.17, 15) is 5.11 Å². The monoisotopic (exact) mass is 327 g/mol. The minimum atomic E-state index is 0.434. The largest absolute Gasteiger partial charge is 0.507 e. The van der Waals surface area contributed by atoms with Crippen LogP contribution in [0.15, 0.2) is 36.4 Å². The lowest BCUT2D eigenvalue weighted by Gasteiger charge is -2.34. The molecule has 1 heterocycles. The Morgan fingerprint density at radius 1 is 1.04 bits per heavy atom. The van der Waals surface area contributed by atoms with Crippen molar-refractivity contribution in [3.05, 3.63) is 53.1 Å². The van der Waals surface area contributed by atoms with Crippen molar-refractivity contribution in [2.24, 2.45) is 0 Å². The van der Waals surface area contributed by atoms with E-state index in [-0.39, 0.29) is 0 Å². The summed E-state index contributed by atoms with van der Waals surface area (Å²) in [6.07, 6.45) is 0. The van der Waals surface area contributed by atoms with Crippen LogP contribution in [0.2, 0.25) is 0 Å². The van der Waals surface area contributed by atoms with Crippen LogP contribution in [0.5, 0.6) is 11.5 Å². The second kappa shape index (κ2) is 7.14. The smallest absolute Gasteiger partial charge is 0.124 e. The van der Waals surface area contributed by atoms with Gasteiger partial charge >= 0.3 is 0 Å². The highest BCUT2D eigenvalue weighted by Crippen LogP contribution is 2.22. The van der Waals surface area contributed by atoms with Crippen molar-refractivity contribution in [1.82, 2.24) is 0 Å². The topological polar surface area (TPSA) is 37.1 Å². The lowest BCUT2D eigenvalue weighted by atomic mass is 10.0. The molecule has 0 saturated carbocycles. The number of quaternary nitrogens is 1. The third-order valence-corrected chi connectivity index (χ3v) is 5.04. The Labute approximate surface area is 144 Å². The molecule has 0 aliphatic carbocycles. The van der Waals surface area contributed by atoms with Crippen molar-refractivity contribution in [3.63, 3.8) is 0 Å². The van der Waals surface area contributed by atoms with Crippen LogP contribution in [0.4, 0.5) is 5.69 Å².